The summed E-state index contributed by atoms with van der Waals surface area (Å²) in [6, 6.07) is -0.747. The number of unbranched alkanes of at least 4 members (excludes halogenated alkanes) is 8. The molecule has 8 heteroatoms. The second-order valence-electron chi connectivity index (χ2n) is 14.5. The van der Waals surface area contributed by atoms with E-state index in [4.69, 9.17) is 14.2 Å². The zero-order valence-electron chi connectivity index (χ0n) is 34.6. The molecular formula is C46H75NO7. The van der Waals surface area contributed by atoms with Crippen LogP contribution in [0, 0.1) is 0 Å². The molecule has 2 atom stereocenters. The van der Waals surface area contributed by atoms with Crippen LogP contribution in [-0.2, 0) is 28.6 Å². The minimum Gasteiger partial charge on any atom is -0.544 e. The van der Waals surface area contributed by atoms with Gasteiger partial charge in [0.1, 0.15) is 12.6 Å². The standard InChI is InChI=1S/C46H75NO7/c1-6-8-10-12-14-16-18-20-22-24-26-28-30-32-34-36-44(48)53-41-42(40-52-39-38-43(46(50)51)47(3,4)5)54-45(49)37-35-33-31-29-27-25-23-21-19-17-15-13-11-9-7-2/h9,11,14-17,20-23,27,29,33,35,42-43H,6-8,10,12-13,18-19,24-26,28,30-32,34,36-41H2,1-5H3/b11-9-,16-14-,17-15-,22-20-,23-21-,29-27-,35-33-. The molecule has 0 saturated heterocycles. The lowest BCUT2D eigenvalue weighted by molar-refractivity contribution is -0.889. The van der Waals surface area contributed by atoms with Gasteiger partial charge in [-0.2, -0.15) is 0 Å². The van der Waals surface area contributed by atoms with Crippen molar-refractivity contribution in [1.29, 1.82) is 0 Å². The molecule has 0 spiro atoms. The van der Waals surface area contributed by atoms with Crippen molar-refractivity contribution in [1.82, 2.24) is 0 Å². The summed E-state index contributed by atoms with van der Waals surface area (Å²) in [7, 11) is 5.35. The highest BCUT2D eigenvalue weighted by molar-refractivity contribution is 5.71. The van der Waals surface area contributed by atoms with Crippen LogP contribution >= 0.6 is 0 Å². The van der Waals surface area contributed by atoms with Crippen LogP contribution in [0.5, 0.6) is 0 Å². The number of carboxylic acid groups (broad SMARTS) is 1. The van der Waals surface area contributed by atoms with Crippen molar-refractivity contribution in [3.8, 4) is 0 Å². The molecular weight excluding hydrogens is 679 g/mol. The molecule has 0 aliphatic carbocycles. The van der Waals surface area contributed by atoms with E-state index in [9.17, 15) is 19.5 Å². The summed E-state index contributed by atoms with van der Waals surface area (Å²) in [6.07, 6.45) is 46.3. The Balaban J connectivity index is 4.57. The molecule has 306 valence electrons. The Morgan fingerprint density at radius 1 is 0.593 bits per heavy atom. The smallest absolute Gasteiger partial charge is 0.310 e. The van der Waals surface area contributed by atoms with Crippen molar-refractivity contribution < 1.29 is 38.2 Å². The van der Waals surface area contributed by atoms with Gasteiger partial charge < -0.3 is 28.6 Å². The normalized spacial score (nSPS) is 13.9. The summed E-state index contributed by atoms with van der Waals surface area (Å²) in [5, 5.41) is 11.6. The Morgan fingerprint density at radius 2 is 1.09 bits per heavy atom. The highest BCUT2D eigenvalue weighted by atomic mass is 16.6. The maximum absolute atomic E-state index is 12.6. The fourth-order valence-electron chi connectivity index (χ4n) is 5.35. The number of esters is 2. The van der Waals surface area contributed by atoms with Gasteiger partial charge in [-0.15, -0.1) is 0 Å². The van der Waals surface area contributed by atoms with E-state index < -0.39 is 24.1 Å². The lowest BCUT2D eigenvalue weighted by Crippen LogP contribution is -2.55. The molecule has 0 aliphatic rings. The molecule has 8 nitrogen and oxygen atoms in total. The lowest BCUT2D eigenvalue weighted by Gasteiger charge is -2.34. The first-order valence-electron chi connectivity index (χ1n) is 20.6. The second kappa shape index (κ2) is 36.5. The summed E-state index contributed by atoms with van der Waals surface area (Å²) in [5.41, 5.74) is 0. The van der Waals surface area contributed by atoms with E-state index in [2.05, 4.69) is 86.8 Å². The minimum atomic E-state index is -1.15. The molecule has 2 unspecified atom stereocenters. The number of allylic oxidation sites excluding steroid dienone is 13. The molecule has 54 heavy (non-hydrogen) atoms. The third-order valence-corrected chi connectivity index (χ3v) is 8.55. The van der Waals surface area contributed by atoms with Crippen molar-refractivity contribution in [2.75, 3.05) is 41.0 Å². The number of quaternary nitrogens is 1. The number of ether oxygens (including phenoxy) is 3. The van der Waals surface area contributed by atoms with Gasteiger partial charge in [-0.05, 0) is 70.6 Å². The Labute approximate surface area is 329 Å². The lowest BCUT2D eigenvalue weighted by atomic mass is 10.1. The molecule has 0 N–H and O–H groups in total. The molecule has 0 amide bonds. The number of hydrogen-bond acceptors (Lipinski definition) is 7. The summed E-state index contributed by atoms with van der Waals surface area (Å²) in [6.45, 7) is 4.37. The fraction of sp³-hybridized carbons (Fsp3) is 0.630. The predicted octanol–water partition coefficient (Wildman–Crippen LogP) is 9.63. The average Bonchev–Trinajstić information content (AvgIpc) is 3.12. The quantitative estimate of drug-likeness (QED) is 0.0275. The van der Waals surface area contributed by atoms with Gasteiger partial charge in [0.25, 0.3) is 0 Å². The SMILES string of the molecule is CC/C=C\C/C=C\C/C=C\C/C=C\C/C=C\CC(=O)OC(COCCC(C(=O)[O-])[N+](C)(C)C)COC(=O)CCCCCCC/C=C\C/C=C\CCCCC. The van der Waals surface area contributed by atoms with E-state index >= 15 is 0 Å². The van der Waals surface area contributed by atoms with E-state index in [0.29, 0.717) is 12.8 Å². The van der Waals surface area contributed by atoms with Crippen LogP contribution in [0.25, 0.3) is 0 Å². The first-order valence-corrected chi connectivity index (χ1v) is 20.6. The van der Waals surface area contributed by atoms with E-state index in [0.717, 1.165) is 70.6 Å². The fourth-order valence-corrected chi connectivity index (χ4v) is 5.35. The zero-order chi connectivity index (χ0) is 40.0. The van der Waals surface area contributed by atoms with Crippen LogP contribution in [0.4, 0.5) is 0 Å². The van der Waals surface area contributed by atoms with Crippen LogP contribution in [0.15, 0.2) is 85.1 Å². The number of likely N-dealkylation sites (N-methyl/N-ethyl adjacent to an activating group) is 1. The maximum atomic E-state index is 12.6. The van der Waals surface area contributed by atoms with Gasteiger partial charge in [-0.3, -0.25) is 9.59 Å². The Morgan fingerprint density at radius 3 is 1.63 bits per heavy atom. The van der Waals surface area contributed by atoms with Gasteiger partial charge in [0.05, 0.1) is 46.7 Å². The van der Waals surface area contributed by atoms with E-state index in [1.54, 1.807) is 27.2 Å². The van der Waals surface area contributed by atoms with Crippen LogP contribution in [0.2, 0.25) is 0 Å². The van der Waals surface area contributed by atoms with Crippen molar-refractivity contribution >= 4 is 17.9 Å². The van der Waals surface area contributed by atoms with Gasteiger partial charge in [-0.25, -0.2) is 0 Å². The van der Waals surface area contributed by atoms with Gasteiger partial charge in [0.2, 0.25) is 0 Å². The average molecular weight is 754 g/mol. The number of carboxylic acids is 1. The summed E-state index contributed by atoms with van der Waals surface area (Å²) < 4.78 is 17.0. The predicted molar refractivity (Wildman–Crippen MR) is 222 cm³/mol. The van der Waals surface area contributed by atoms with Crippen LogP contribution in [0.3, 0.4) is 0 Å². The highest BCUT2D eigenvalue weighted by Crippen LogP contribution is 2.11. The molecule has 0 bridgehead atoms. The van der Waals surface area contributed by atoms with Crippen LogP contribution < -0.4 is 5.11 Å². The summed E-state index contributed by atoms with van der Waals surface area (Å²) in [5.74, 6) is -1.93. The Bertz CT molecular complexity index is 1160. The Hall–Kier alpha value is -3.49. The molecule has 0 fully saturated rings. The molecule has 0 aromatic rings. The second-order valence-corrected chi connectivity index (χ2v) is 14.5. The van der Waals surface area contributed by atoms with Crippen molar-refractivity contribution in [3.05, 3.63) is 85.1 Å². The number of rotatable bonds is 35. The van der Waals surface area contributed by atoms with E-state index in [-0.39, 0.29) is 43.1 Å². The summed E-state index contributed by atoms with van der Waals surface area (Å²) >= 11 is 0. The molecule has 0 radical (unpaired) electrons. The maximum Gasteiger partial charge on any atom is 0.310 e. The van der Waals surface area contributed by atoms with Crippen molar-refractivity contribution in [2.45, 2.75) is 148 Å². The first kappa shape index (κ1) is 50.5. The number of nitrogens with zero attached hydrogens (tertiary/aromatic N) is 1. The molecule has 0 aliphatic heterocycles. The molecule has 0 rings (SSSR count). The minimum absolute atomic E-state index is 0.00864. The van der Waals surface area contributed by atoms with Crippen LogP contribution in [-0.4, -0.2) is 75.5 Å². The van der Waals surface area contributed by atoms with E-state index in [1.807, 2.05) is 6.08 Å². The number of aliphatic carboxylic acids is 1. The highest BCUT2D eigenvalue weighted by Gasteiger charge is 2.25. The zero-order valence-corrected chi connectivity index (χ0v) is 34.6. The molecule has 0 heterocycles. The van der Waals surface area contributed by atoms with Crippen molar-refractivity contribution in [3.63, 3.8) is 0 Å². The van der Waals surface area contributed by atoms with Crippen LogP contribution in [0.1, 0.15) is 136 Å². The third-order valence-electron chi connectivity index (χ3n) is 8.55. The largest absolute Gasteiger partial charge is 0.544 e. The van der Waals surface area contributed by atoms with Gasteiger partial charge >= 0.3 is 11.9 Å². The Kier molecular flexibility index (Phi) is 34.1. The number of carbonyl (C=O) groups excluding carboxylic acids is 3. The van der Waals surface area contributed by atoms with Gasteiger partial charge in [0, 0.05) is 12.8 Å². The third kappa shape index (κ3) is 34.3. The van der Waals surface area contributed by atoms with Crippen molar-refractivity contribution in [2.24, 2.45) is 0 Å². The molecule has 0 aromatic heterocycles. The van der Waals surface area contributed by atoms with E-state index in [1.165, 1.54) is 25.7 Å². The topological polar surface area (TPSA) is 102 Å². The number of carbonyl (C=O) groups is 3. The number of hydrogen-bond donors (Lipinski definition) is 0. The van der Waals surface area contributed by atoms with Gasteiger partial charge in [0.15, 0.2) is 6.10 Å². The molecule has 0 aromatic carbocycles. The summed E-state index contributed by atoms with van der Waals surface area (Å²) in [4.78, 5) is 36.7. The molecule has 0 saturated carbocycles. The first-order chi connectivity index (χ1) is 26.1. The monoisotopic (exact) mass is 754 g/mol. The van der Waals surface area contributed by atoms with Gasteiger partial charge in [-0.1, -0.05) is 131 Å².